The van der Waals surface area contributed by atoms with Crippen molar-refractivity contribution < 1.29 is 9.53 Å². The lowest BCUT2D eigenvalue weighted by atomic mass is 10.1. The van der Waals surface area contributed by atoms with E-state index < -0.39 is 6.04 Å². The third kappa shape index (κ3) is 5.59. The molecule has 0 saturated heterocycles. The molecular weight excluding hydrogens is 264 g/mol. The maximum atomic E-state index is 12.2. The standard InChI is InChI=1S/C14H22N2O2.ClH/c1-3-16(10-11-18-4-2)14(17)13(15)12-8-6-5-7-9-12;/h5-9,13H,3-4,10-11,15H2,1-2H3;1H. The van der Waals surface area contributed by atoms with Gasteiger partial charge in [-0.05, 0) is 19.4 Å². The Morgan fingerprint density at radius 2 is 1.95 bits per heavy atom. The van der Waals surface area contributed by atoms with E-state index in [0.717, 1.165) is 5.56 Å². The predicted octanol–water partition coefficient (Wildman–Crippen LogP) is 1.99. The molecule has 1 aromatic carbocycles. The van der Waals surface area contributed by atoms with Crippen LogP contribution in [0.4, 0.5) is 0 Å². The van der Waals surface area contributed by atoms with Gasteiger partial charge in [0.05, 0.1) is 6.61 Å². The zero-order valence-electron chi connectivity index (χ0n) is 11.5. The fourth-order valence-corrected chi connectivity index (χ4v) is 1.74. The number of carbonyl (C=O) groups excluding carboxylic acids is 1. The Kier molecular flexibility index (Phi) is 9.21. The lowest BCUT2D eigenvalue weighted by molar-refractivity contribution is -0.133. The van der Waals surface area contributed by atoms with E-state index in [2.05, 4.69) is 0 Å². The van der Waals surface area contributed by atoms with Gasteiger partial charge in [0.15, 0.2) is 0 Å². The molecule has 19 heavy (non-hydrogen) atoms. The van der Waals surface area contributed by atoms with E-state index in [0.29, 0.717) is 26.3 Å². The highest BCUT2D eigenvalue weighted by molar-refractivity contribution is 5.85. The van der Waals surface area contributed by atoms with Crippen LogP contribution in [-0.4, -0.2) is 37.1 Å². The number of ether oxygens (including phenoxy) is 1. The van der Waals surface area contributed by atoms with Gasteiger partial charge >= 0.3 is 0 Å². The van der Waals surface area contributed by atoms with Crippen molar-refractivity contribution in [3.05, 3.63) is 35.9 Å². The normalized spacial score (nSPS) is 11.5. The first-order chi connectivity index (χ1) is 8.70. The molecule has 108 valence electrons. The molecule has 0 heterocycles. The number of hydrogen-bond donors (Lipinski definition) is 1. The number of hydrogen-bond acceptors (Lipinski definition) is 3. The van der Waals surface area contributed by atoms with Crippen molar-refractivity contribution in [1.82, 2.24) is 4.90 Å². The van der Waals surface area contributed by atoms with Crippen LogP contribution in [0, 0.1) is 0 Å². The molecule has 4 nitrogen and oxygen atoms in total. The summed E-state index contributed by atoms with van der Waals surface area (Å²) in [7, 11) is 0. The van der Waals surface area contributed by atoms with Crippen molar-refractivity contribution in [3.8, 4) is 0 Å². The number of nitrogens with zero attached hydrogens (tertiary/aromatic N) is 1. The van der Waals surface area contributed by atoms with Crippen molar-refractivity contribution in [3.63, 3.8) is 0 Å². The number of halogens is 1. The fraction of sp³-hybridized carbons (Fsp3) is 0.500. The minimum absolute atomic E-state index is 0. The zero-order chi connectivity index (χ0) is 13.4. The predicted molar refractivity (Wildman–Crippen MR) is 79.4 cm³/mol. The summed E-state index contributed by atoms with van der Waals surface area (Å²) in [6, 6.07) is 8.84. The van der Waals surface area contributed by atoms with Gasteiger partial charge in [0.25, 0.3) is 0 Å². The van der Waals surface area contributed by atoms with Gasteiger partial charge in [-0.1, -0.05) is 30.3 Å². The zero-order valence-corrected chi connectivity index (χ0v) is 12.4. The second-order valence-corrected chi connectivity index (χ2v) is 4.00. The molecule has 0 fully saturated rings. The largest absolute Gasteiger partial charge is 0.380 e. The summed E-state index contributed by atoms with van der Waals surface area (Å²) in [5.74, 6) is -0.0524. The Labute approximate surface area is 121 Å². The second-order valence-electron chi connectivity index (χ2n) is 4.00. The Bertz CT molecular complexity index is 360. The third-order valence-corrected chi connectivity index (χ3v) is 2.83. The van der Waals surface area contributed by atoms with E-state index in [1.165, 1.54) is 0 Å². The summed E-state index contributed by atoms with van der Waals surface area (Å²) in [5, 5.41) is 0. The Morgan fingerprint density at radius 3 is 2.47 bits per heavy atom. The van der Waals surface area contributed by atoms with E-state index in [-0.39, 0.29) is 18.3 Å². The van der Waals surface area contributed by atoms with E-state index in [9.17, 15) is 4.79 Å². The average molecular weight is 287 g/mol. The average Bonchev–Trinajstić information content (AvgIpc) is 2.43. The van der Waals surface area contributed by atoms with E-state index in [1.807, 2.05) is 44.2 Å². The number of benzene rings is 1. The number of likely N-dealkylation sites (N-methyl/N-ethyl adjacent to an activating group) is 1. The van der Waals surface area contributed by atoms with Crippen LogP contribution >= 0.6 is 12.4 Å². The van der Waals surface area contributed by atoms with Gasteiger partial charge in [0, 0.05) is 19.7 Å². The van der Waals surface area contributed by atoms with E-state index >= 15 is 0 Å². The van der Waals surface area contributed by atoms with E-state index in [1.54, 1.807) is 4.90 Å². The molecule has 0 radical (unpaired) electrons. The molecule has 0 saturated carbocycles. The fourth-order valence-electron chi connectivity index (χ4n) is 1.74. The summed E-state index contributed by atoms with van der Waals surface area (Å²) in [6.45, 7) is 6.33. The van der Waals surface area contributed by atoms with Crippen LogP contribution < -0.4 is 5.73 Å². The second kappa shape index (κ2) is 9.78. The minimum atomic E-state index is -0.590. The number of nitrogens with two attached hydrogens (primary N) is 1. The molecular formula is C14H23ClN2O2. The molecule has 0 aromatic heterocycles. The van der Waals surface area contributed by atoms with Crippen LogP contribution in [0.3, 0.4) is 0 Å². The SMILES string of the molecule is CCOCCN(CC)C(=O)C(N)c1ccccc1.Cl. The molecule has 0 spiro atoms. The molecule has 0 bridgehead atoms. The highest BCUT2D eigenvalue weighted by Gasteiger charge is 2.20. The molecule has 5 heteroatoms. The topological polar surface area (TPSA) is 55.6 Å². The maximum Gasteiger partial charge on any atom is 0.244 e. The summed E-state index contributed by atoms with van der Waals surface area (Å²) < 4.78 is 5.27. The quantitative estimate of drug-likeness (QED) is 0.780. The smallest absolute Gasteiger partial charge is 0.244 e. The summed E-state index contributed by atoms with van der Waals surface area (Å²) in [6.07, 6.45) is 0. The maximum absolute atomic E-state index is 12.2. The first-order valence-corrected chi connectivity index (χ1v) is 6.37. The molecule has 0 aliphatic rings. The van der Waals surface area contributed by atoms with Gasteiger partial charge in [-0.25, -0.2) is 0 Å². The summed E-state index contributed by atoms with van der Waals surface area (Å²) >= 11 is 0. The van der Waals surface area contributed by atoms with Gasteiger partial charge in [-0.15, -0.1) is 12.4 Å². The van der Waals surface area contributed by atoms with Gasteiger partial charge < -0.3 is 15.4 Å². The van der Waals surface area contributed by atoms with Crippen LogP contribution in [0.2, 0.25) is 0 Å². The molecule has 2 N–H and O–H groups in total. The highest BCUT2D eigenvalue weighted by atomic mass is 35.5. The summed E-state index contributed by atoms with van der Waals surface area (Å²) in [5.41, 5.74) is 6.83. The lowest BCUT2D eigenvalue weighted by Crippen LogP contribution is -2.40. The van der Waals surface area contributed by atoms with Gasteiger partial charge in [-0.3, -0.25) is 4.79 Å². The van der Waals surface area contributed by atoms with Gasteiger partial charge in [0.2, 0.25) is 5.91 Å². The minimum Gasteiger partial charge on any atom is -0.380 e. The lowest BCUT2D eigenvalue weighted by Gasteiger charge is -2.24. The Balaban J connectivity index is 0.00000324. The van der Waals surface area contributed by atoms with Gasteiger partial charge in [0.1, 0.15) is 6.04 Å². The first kappa shape index (κ1) is 17.9. The van der Waals surface area contributed by atoms with Crippen LogP contribution in [0.15, 0.2) is 30.3 Å². The van der Waals surface area contributed by atoms with Gasteiger partial charge in [-0.2, -0.15) is 0 Å². The molecule has 0 aliphatic carbocycles. The Hall–Kier alpha value is -1.10. The van der Waals surface area contributed by atoms with Crippen molar-refractivity contribution in [1.29, 1.82) is 0 Å². The molecule has 1 aromatic rings. The highest BCUT2D eigenvalue weighted by Crippen LogP contribution is 2.12. The van der Waals surface area contributed by atoms with Crippen molar-refractivity contribution in [2.45, 2.75) is 19.9 Å². The monoisotopic (exact) mass is 286 g/mol. The number of carbonyl (C=O) groups is 1. The van der Waals surface area contributed by atoms with Crippen LogP contribution in [-0.2, 0) is 9.53 Å². The molecule has 1 unspecified atom stereocenters. The molecule has 1 atom stereocenters. The first-order valence-electron chi connectivity index (χ1n) is 6.37. The molecule has 0 aliphatic heterocycles. The molecule has 1 rings (SSSR count). The van der Waals surface area contributed by atoms with Crippen LogP contribution in [0.1, 0.15) is 25.5 Å². The Morgan fingerprint density at radius 1 is 1.32 bits per heavy atom. The van der Waals surface area contributed by atoms with Crippen LogP contribution in [0.25, 0.3) is 0 Å². The van der Waals surface area contributed by atoms with E-state index in [4.69, 9.17) is 10.5 Å². The molecule has 1 amide bonds. The number of amides is 1. The number of rotatable bonds is 7. The third-order valence-electron chi connectivity index (χ3n) is 2.83. The summed E-state index contributed by atoms with van der Waals surface area (Å²) in [4.78, 5) is 13.9. The van der Waals surface area contributed by atoms with Crippen LogP contribution in [0.5, 0.6) is 0 Å². The van der Waals surface area contributed by atoms with Crippen molar-refractivity contribution in [2.75, 3.05) is 26.3 Å². The van der Waals surface area contributed by atoms with Crippen molar-refractivity contribution in [2.24, 2.45) is 5.73 Å². The van der Waals surface area contributed by atoms with Crippen molar-refractivity contribution >= 4 is 18.3 Å².